The number of benzene rings is 1. The summed E-state index contributed by atoms with van der Waals surface area (Å²) in [6.45, 7) is 1.58. The largest absolute Gasteiger partial charge is 0.507 e. The third-order valence-electron chi connectivity index (χ3n) is 2.48. The van der Waals surface area contributed by atoms with E-state index in [0.717, 1.165) is 0 Å². The number of aryl methyl sites for hydroxylation is 1. The molecule has 0 spiro atoms. The number of aromatic nitrogens is 4. The maximum atomic E-state index is 11.8. The standard InChI is InChI=1S/C11H8N4O2S/c1-6-10(17)15-11(13-12-6)18-9(14-15)7-4-2-3-5-8(7)16/h2-5,16H,1H3. The van der Waals surface area contributed by atoms with Crippen LogP contribution in [0.2, 0.25) is 0 Å². The quantitative estimate of drug-likeness (QED) is 0.711. The Balaban J connectivity index is 2.30. The molecule has 0 amide bonds. The molecule has 18 heavy (non-hydrogen) atoms. The Morgan fingerprint density at radius 2 is 2.06 bits per heavy atom. The maximum Gasteiger partial charge on any atom is 0.296 e. The summed E-state index contributed by atoms with van der Waals surface area (Å²) in [5, 5.41) is 22.1. The van der Waals surface area contributed by atoms with E-state index in [1.54, 1.807) is 31.2 Å². The highest BCUT2D eigenvalue weighted by Crippen LogP contribution is 2.30. The summed E-state index contributed by atoms with van der Waals surface area (Å²) in [6, 6.07) is 6.82. The molecule has 2 aromatic heterocycles. The van der Waals surface area contributed by atoms with Gasteiger partial charge in [-0.2, -0.15) is 9.61 Å². The third kappa shape index (κ3) is 1.56. The lowest BCUT2D eigenvalue weighted by atomic mass is 10.2. The lowest BCUT2D eigenvalue weighted by Gasteiger charge is -1.97. The van der Waals surface area contributed by atoms with Crippen LogP contribution in [0.4, 0.5) is 0 Å². The highest BCUT2D eigenvalue weighted by Gasteiger charge is 2.13. The van der Waals surface area contributed by atoms with Crippen molar-refractivity contribution in [3.05, 3.63) is 40.3 Å². The van der Waals surface area contributed by atoms with E-state index in [4.69, 9.17) is 0 Å². The molecule has 1 N–H and O–H groups in total. The van der Waals surface area contributed by atoms with Crippen molar-refractivity contribution >= 4 is 16.3 Å². The summed E-state index contributed by atoms with van der Waals surface area (Å²) in [7, 11) is 0. The van der Waals surface area contributed by atoms with Crippen LogP contribution < -0.4 is 5.56 Å². The fraction of sp³-hybridized carbons (Fsp3) is 0.0909. The number of nitrogens with zero attached hydrogens (tertiary/aromatic N) is 4. The van der Waals surface area contributed by atoms with Crippen LogP contribution in [0, 0.1) is 6.92 Å². The van der Waals surface area contributed by atoms with Gasteiger partial charge in [0.1, 0.15) is 11.4 Å². The van der Waals surface area contributed by atoms with E-state index in [-0.39, 0.29) is 11.3 Å². The molecule has 0 radical (unpaired) electrons. The molecule has 2 heterocycles. The van der Waals surface area contributed by atoms with Crippen LogP contribution in [0.25, 0.3) is 15.5 Å². The van der Waals surface area contributed by atoms with Crippen LogP contribution in [-0.4, -0.2) is 24.9 Å². The Kier molecular flexibility index (Phi) is 2.34. The molecular formula is C11H8N4O2S. The number of para-hydroxylation sites is 1. The van der Waals surface area contributed by atoms with Crippen LogP contribution in [0.5, 0.6) is 5.75 Å². The van der Waals surface area contributed by atoms with Gasteiger partial charge in [-0.15, -0.1) is 10.2 Å². The lowest BCUT2D eigenvalue weighted by molar-refractivity contribution is 0.477. The summed E-state index contributed by atoms with van der Waals surface area (Å²) in [4.78, 5) is 12.2. The molecule has 0 saturated carbocycles. The predicted molar refractivity (Wildman–Crippen MR) is 66.8 cm³/mol. The molecule has 0 unspecified atom stereocenters. The minimum Gasteiger partial charge on any atom is -0.507 e. The van der Waals surface area contributed by atoms with E-state index in [0.29, 0.717) is 21.2 Å². The van der Waals surface area contributed by atoms with Crippen molar-refractivity contribution in [1.29, 1.82) is 0 Å². The van der Waals surface area contributed by atoms with Crippen molar-refractivity contribution in [2.24, 2.45) is 0 Å². The molecule has 0 fully saturated rings. The van der Waals surface area contributed by atoms with E-state index in [1.165, 1.54) is 15.9 Å². The second-order valence-electron chi connectivity index (χ2n) is 3.71. The summed E-state index contributed by atoms with van der Waals surface area (Å²) in [5.41, 5.74) is 0.574. The number of phenols is 1. The zero-order valence-electron chi connectivity index (χ0n) is 9.36. The van der Waals surface area contributed by atoms with Crippen molar-refractivity contribution in [3.8, 4) is 16.3 Å². The monoisotopic (exact) mass is 260 g/mol. The highest BCUT2D eigenvalue weighted by molar-refractivity contribution is 7.19. The fourth-order valence-corrected chi connectivity index (χ4v) is 2.43. The Bertz CT molecular complexity index is 793. The van der Waals surface area contributed by atoms with Crippen LogP contribution >= 0.6 is 11.3 Å². The first-order valence-electron chi connectivity index (χ1n) is 5.18. The molecule has 0 aliphatic heterocycles. The lowest BCUT2D eigenvalue weighted by Crippen LogP contribution is -2.19. The number of hydrogen-bond acceptors (Lipinski definition) is 6. The van der Waals surface area contributed by atoms with Gasteiger partial charge in [0.25, 0.3) is 5.56 Å². The van der Waals surface area contributed by atoms with Gasteiger partial charge >= 0.3 is 0 Å². The van der Waals surface area contributed by atoms with Crippen molar-refractivity contribution in [3.63, 3.8) is 0 Å². The first-order valence-corrected chi connectivity index (χ1v) is 6.00. The van der Waals surface area contributed by atoms with Gasteiger partial charge in [0.15, 0.2) is 5.01 Å². The molecule has 0 atom stereocenters. The first-order chi connectivity index (χ1) is 8.66. The minimum atomic E-state index is -0.294. The van der Waals surface area contributed by atoms with Crippen molar-refractivity contribution in [2.75, 3.05) is 0 Å². The van der Waals surface area contributed by atoms with Crippen molar-refractivity contribution in [2.45, 2.75) is 6.92 Å². The van der Waals surface area contributed by atoms with Gasteiger partial charge in [-0.25, -0.2) is 0 Å². The molecule has 0 bridgehead atoms. The summed E-state index contributed by atoms with van der Waals surface area (Å²) in [5.74, 6) is 0.120. The van der Waals surface area contributed by atoms with E-state index < -0.39 is 0 Å². The summed E-state index contributed by atoms with van der Waals surface area (Å²) < 4.78 is 1.20. The first kappa shape index (κ1) is 10.8. The number of fused-ring (bicyclic) bond motifs is 1. The Labute approximate surface area is 105 Å². The molecule has 0 aliphatic rings. The van der Waals surface area contributed by atoms with E-state index in [2.05, 4.69) is 15.3 Å². The predicted octanol–water partition coefficient (Wildman–Crippen LogP) is 1.23. The number of rotatable bonds is 1. The molecule has 0 saturated heterocycles. The minimum absolute atomic E-state index is 0.120. The van der Waals surface area contributed by atoms with Crippen molar-refractivity contribution < 1.29 is 5.11 Å². The summed E-state index contributed by atoms with van der Waals surface area (Å²) >= 11 is 1.21. The van der Waals surface area contributed by atoms with Gasteiger partial charge in [0, 0.05) is 0 Å². The second kappa shape index (κ2) is 3.88. The molecule has 90 valence electrons. The molecule has 0 aliphatic carbocycles. The van der Waals surface area contributed by atoms with E-state index >= 15 is 0 Å². The van der Waals surface area contributed by atoms with Gasteiger partial charge < -0.3 is 5.11 Å². The van der Waals surface area contributed by atoms with Gasteiger partial charge in [-0.05, 0) is 19.1 Å². The van der Waals surface area contributed by atoms with E-state index in [1.807, 2.05) is 0 Å². The van der Waals surface area contributed by atoms with Crippen LogP contribution in [0.1, 0.15) is 5.69 Å². The SMILES string of the molecule is Cc1nnc2sc(-c3ccccc3O)nn2c1=O. The Morgan fingerprint density at radius 1 is 1.28 bits per heavy atom. The van der Waals surface area contributed by atoms with Crippen LogP contribution in [0.3, 0.4) is 0 Å². The molecule has 1 aromatic carbocycles. The van der Waals surface area contributed by atoms with Gasteiger partial charge in [0.05, 0.1) is 5.56 Å². The van der Waals surface area contributed by atoms with Gasteiger partial charge in [-0.1, -0.05) is 23.5 Å². The molecule has 3 aromatic rings. The van der Waals surface area contributed by atoms with Gasteiger partial charge in [-0.3, -0.25) is 4.79 Å². The zero-order chi connectivity index (χ0) is 12.7. The normalized spacial score (nSPS) is 10.9. The topological polar surface area (TPSA) is 80.4 Å². The van der Waals surface area contributed by atoms with Crippen LogP contribution in [-0.2, 0) is 0 Å². The van der Waals surface area contributed by atoms with Gasteiger partial charge in [0.2, 0.25) is 4.96 Å². The zero-order valence-corrected chi connectivity index (χ0v) is 10.2. The number of hydrogen-bond donors (Lipinski definition) is 1. The van der Waals surface area contributed by atoms with E-state index in [9.17, 15) is 9.90 Å². The highest BCUT2D eigenvalue weighted by atomic mass is 32.1. The second-order valence-corrected chi connectivity index (χ2v) is 4.67. The average molecular weight is 260 g/mol. The molecular weight excluding hydrogens is 252 g/mol. The van der Waals surface area contributed by atoms with Crippen LogP contribution in [0.15, 0.2) is 29.1 Å². The number of aromatic hydroxyl groups is 1. The Morgan fingerprint density at radius 3 is 2.83 bits per heavy atom. The molecule has 3 rings (SSSR count). The third-order valence-corrected chi connectivity index (χ3v) is 3.41. The maximum absolute atomic E-state index is 11.8. The number of phenolic OH excluding ortho intramolecular Hbond substituents is 1. The smallest absolute Gasteiger partial charge is 0.296 e. The molecule has 7 heteroatoms. The summed E-state index contributed by atoms with van der Waals surface area (Å²) in [6.07, 6.45) is 0. The molecule has 6 nitrogen and oxygen atoms in total. The average Bonchev–Trinajstić information content (AvgIpc) is 2.79. The van der Waals surface area contributed by atoms with Crippen molar-refractivity contribution in [1.82, 2.24) is 19.8 Å². The fourth-order valence-electron chi connectivity index (χ4n) is 1.56. The Hall–Kier alpha value is -2.28.